The largest absolute Gasteiger partial charge is 0.440 e. The van der Waals surface area contributed by atoms with Gasteiger partial charge in [0.1, 0.15) is 5.76 Å². The van der Waals surface area contributed by atoms with E-state index in [-0.39, 0.29) is 6.04 Å². The van der Waals surface area contributed by atoms with Crippen molar-refractivity contribution in [3.8, 4) is 11.5 Å². The number of rotatable bonds is 7. The molecular formula is C15H20N2O2. The van der Waals surface area contributed by atoms with Gasteiger partial charge >= 0.3 is 0 Å². The monoisotopic (exact) mass is 260 g/mol. The zero-order valence-corrected chi connectivity index (χ0v) is 11.4. The Hall–Kier alpha value is -1.65. The second kappa shape index (κ2) is 7.07. The van der Waals surface area contributed by atoms with Gasteiger partial charge < -0.3 is 14.5 Å². The van der Waals surface area contributed by atoms with Crippen LogP contribution < -0.4 is 5.32 Å². The van der Waals surface area contributed by atoms with Gasteiger partial charge in [0.05, 0.1) is 18.8 Å². The van der Waals surface area contributed by atoms with E-state index in [0.29, 0.717) is 12.5 Å². The van der Waals surface area contributed by atoms with Gasteiger partial charge in [-0.15, -0.1) is 0 Å². The number of benzene rings is 1. The Kier molecular flexibility index (Phi) is 5.12. The fraction of sp³-hybridized carbons (Fsp3) is 0.400. The number of nitrogens with one attached hydrogen (secondary N) is 1. The highest BCUT2D eigenvalue weighted by Crippen LogP contribution is 2.21. The first-order chi connectivity index (χ1) is 9.31. The predicted octanol–water partition coefficient (Wildman–Crippen LogP) is 3.03. The normalized spacial score (nSPS) is 12.5. The van der Waals surface area contributed by atoms with Crippen LogP contribution in [0, 0.1) is 0 Å². The maximum atomic E-state index is 5.77. The van der Waals surface area contributed by atoms with E-state index in [1.807, 2.05) is 37.3 Å². The standard InChI is InChI=1S/C15H20N2O2/c1-3-18-10-9-16-12(2)14-11-17-15(19-14)13-7-5-4-6-8-13/h4-8,11-12,16H,3,9-10H2,1-2H3. The van der Waals surface area contributed by atoms with Gasteiger partial charge in [-0.05, 0) is 26.0 Å². The predicted molar refractivity (Wildman–Crippen MR) is 74.8 cm³/mol. The van der Waals surface area contributed by atoms with Crippen LogP contribution in [-0.2, 0) is 4.74 Å². The first-order valence-corrected chi connectivity index (χ1v) is 6.63. The minimum Gasteiger partial charge on any atom is -0.440 e. The fourth-order valence-electron chi connectivity index (χ4n) is 1.79. The van der Waals surface area contributed by atoms with Crippen LogP contribution in [0.3, 0.4) is 0 Å². The molecule has 0 saturated carbocycles. The molecule has 2 aromatic rings. The van der Waals surface area contributed by atoms with Crippen molar-refractivity contribution < 1.29 is 9.15 Å². The summed E-state index contributed by atoms with van der Waals surface area (Å²) in [5, 5.41) is 3.34. The Morgan fingerprint density at radius 1 is 1.32 bits per heavy atom. The summed E-state index contributed by atoms with van der Waals surface area (Å²) < 4.78 is 11.1. The van der Waals surface area contributed by atoms with E-state index in [1.54, 1.807) is 6.20 Å². The lowest BCUT2D eigenvalue weighted by Gasteiger charge is -2.10. The van der Waals surface area contributed by atoms with Gasteiger partial charge in [0.15, 0.2) is 0 Å². The van der Waals surface area contributed by atoms with Gasteiger partial charge in [-0.2, -0.15) is 0 Å². The number of aromatic nitrogens is 1. The molecule has 1 N–H and O–H groups in total. The van der Waals surface area contributed by atoms with Gasteiger partial charge in [-0.25, -0.2) is 4.98 Å². The third kappa shape index (κ3) is 3.91. The molecule has 0 aliphatic rings. The van der Waals surface area contributed by atoms with Crippen LogP contribution in [0.1, 0.15) is 25.6 Å². The molecule has 0 bridgehead atoms. The van der Waals surface area contributed by atoms with E-state index in [2.05, 4.69) is 17.2 Å². The highest BCUT2D eigenvalue weighted by Gasteiger charge is 2.11. The van der Waals surface area contributed by atoms with Gasteiger partial charge in [0.25, 0.3) is 0 Å². The van der Waals surface area contributed by atoms with Crippen LogP contribution in [0.4, 0.5) is 0 Å². The molecule has 1 aromatic heterocycles. The third-order valence-corrected chi connectivity index (χ3v) is 2.87. The Bertz CT molecular complexity index is 482. The second-order valence-corrected chi connectivity index (χ2v) is 4.31. The summed E-state index contributed by atoms with van der Waals surface area (Å²) in [5.74, 6) is 1.50. The minimum absolute atomic E-state index is 0.130. The van der Waals surface area contributed by atoms with E-state index in [9.17, 15) is 0 Å². The van der Waals surface area contributed by atoms with Crippen molar-refractivity contribution in [2.45, 2.75) is 19.9 Å². The maximum absolute atomic E-state index is 5.77. The average molecular weight is 260 g/mol. The van der Waals surface area contributed by atoms with Gasteiger partial charge in [0, 0.05) is 18.7 Å². The lowest BCUT2D eigenvalue weighted by Crippen LogP contribution is -2.22. The van der Waals surface area contributed by atoms with Crippen molar-refractivity contribution in [1.29, 1.82) is 0 Å². The number of hydrogen-bond donors (Lipinski definition) is 1. The lowest BCUT2D eigenvalue weighted by atomic mass is 10.2. The van der Waals surface area contributed by atoms with Gasteiger partial charge in [0.2, 0.25) is 5.89 Å². The van der Waals surface area contributed by atoms with Crippen LogP contribution in [0.15, 0.2) is 40.9 Å². The smallest absolute Gasteiger partial charge is 0.226 e. The summed E-state index contributed by atoms with van der Waals surface area (Å²) in [4.78, 5) is 4.31. The fourth-order valence-corrected chi connectivity index (χ4v) is 1.79. The molecule has 0 spiro atoms. The highest BCUT2D eigenvalue weighted by molar-refractivity contribution is 5.52. The molecule has 19 heavy (non-hydrogen) atoms. The molecule has 102 valence electrons. The summed E-state index contributed by atoms with van der Waals surface area (Å²) in [6.45, 7) is 6.31. The number of nitrogens with zero attached hydrogens (tertiary/aromatic N) is 1. The number of ether oxygens (including phenoxy) is 1. The quantitative estimate of drug-likeness (QED) is 0.777. The van der Waals surface area contributed by atoms with Crippen molar-refractivity contribution in [1.82, 2.24) is 10.3 Å². The summed E-state index contributed by atoms with van der Waals surface area (Å²) in [5.41, 5.74) is 0.996. The molecule has 1 atom stereocenters. The molecule has 0 saturated heterocycles. The minimum atomic E-state index is 0.130. The van der Waals surface area contributed by atoms with Crippen molar-refractivity contribution in [2.75, 3.05) is 19.8 Å². The van der Waals surface area contributed by atoms with Crippen molar-refractivity contribution in [2.24, 2.45) is 0 Å². The Labute approximate surface area is 113 Å². The molecule has 0 aliphatic heterocycles. The van der Waals surface area contributed by atoms with Crippen LogP contribution in [-0.4, -0.2) is 24.7 Å². The van der Waals surface area contributed by atoms with Crippen LogP contribution in [0.25, 0.3) is 11.5 Å². The molecular weight excluding hydrogens is 240 g/mol. The topological polar surface area (TPSA) is 47.3 Å². The number of hydrogen-bond acceptors (Lipinski definition) is 4. The average Bonchev–Trinajstić information content (AvgIpc) is 2.94. The SMILES string of the molecule is CCOCCNC(C)c1cnc(-c2ccccc2)o1. The van der Waals surface area contributed by atoms with Gasteiger partial charge in [-0.1, -0.05) is 18.2 Å². The van der Waals surface area contributed by atoms with E-state index < -0.39 is 0 Å². The molecule has 4 heteroatoms. The molecule has 0 fully saturated rings. The molecule has 0 aliphatic carbocycles. The van der Waals surface area contributed by atoms with E-state index >= 15 is 0 Å². The molecule has 1 heterocycles. The lowest BCUT2D eigenvalue weighted by molar-refractivity contribution is 0.146. The van der Waals surface area contributed by atoms with Gasteiger partial charge in [-0.3, -0.25) is 0 Å². The van der Waals surface area contributed by atoms with E-state index in [1.165, 1.54) is 0 Å². The van der Waals surface area contributed by atoms with Crippen molar-refractivity contribution in [3.63, 3.8) is 0 Å². The summed E-state index contributed by atoms with van der Waals surface area (Å²) in [6, 6.07) is 10.0. The van der Waals surface area contributed by atoms with Crippen LogP contribution >= 0.6 is 0 Å². The Morgan fingerprint density at radius 3 is 2.84 bits per heavy atom. The maximum Gasteiger partial charge on any atom is 0.226 e. The molecule has 4 nitrogen and oxygen atoms in total. The molecule has 0 amide bonds. The van der Waals surface area contributed by atoms with E-state index in [0.717, 1.165) is 24.5 Å². The zero-order valence-electron chi connectivity index (χ0n) is 11.4. The van der Waals surface area contributed by atoms with E-state index in [4.69, 9.17) is 9.15 Å². The molecule has 1 unspecified atom stereocenters. The summed E-state index contributed by atoms with van der Waals surface area (Å²) in [6.07, 6.45) is 1.78. The molecule has 0 radical (unpaired) electrons. The number of oxazole rings is 1. The van der Waals surface area contributed by atoms with Crippen molar-refractivity contribution >= 4 is 0 Å². The molecule has 1 aromatic carbocycles. The molecule has 2 rings (SSSR count). The second-order valence-electron chi connectivity index (χ2n) is 4.31. The first-order valence-electron chi connectivity index (χ1n) is 6.63. The highest BCUT2D eigenvalue weighted by atomic mass is 16.5. The Morgan fingerprint density at radius 2 is 2.11 bits per heavy atom. The Balaban J connectivity index is 1.93. The zero-order chi connectivity index (χ0) is 13.5. The third-order valence-electron chi connectivity index (χ3n) is 2.87. The first kappa shape index (κ1) is 13.8. The van der Waals surface area contributed by atoms with Crippen LogP contribution in [0.2, 0.25) is 0 Å². The summed E-state index contributed by atoms with van der Waals surface area (Å²) in [7, 11) is 0. The van der Waals surface area contributed by atoms with Crippen LogP contribution in [0.5, 0.6) is 0 Å². The van der Waals surface area contributed by atoms with Crippen molar-refractivity contribution in [3.05, 3.63) is 42.3 Å². The summed E-state index contributed by atoms with van der Waals surface area (Å²) >= 11 is 0.